The van der Waals surface area contributed by atoms with Gasteiger partial charge in [-0.2, -0.15) is 0 Å². The summed E-state index contributed by atoms with van der Waals surface area (Å²) < 4.78 is 10.7. The molecule has 21 heavy (non-hydrogen) atoms. The van der Waals surface area contributed by atoms with Crippen molar-refractivity contribution in [2.45, 2.75) is 32.8 Å². The van der Waals surface area contributed by atoms with Gasteiger partial charge in [0.25, 0.3) is 0 Å². The van der Waals surface area contributed by atoms with Crippen LogP contribution in [0.15, 0.2) is 30.3 Å². The number of hydrogen-bond acceptors (Lipinski definition) is 3. The van der Waals surface area contributed by atoms with E-state index in [1.807, 2.05) is 45.0 Å². The first-order chi connectivity index (χ1) is 9.89. The van der Waals surface area contributed by atoms with Gasteiger partial charge in [-0.05, 0) is 50.5 Å². The second-order valence-electron chi connectivity index (χ2n) is 6.15. The van der Waals surface area contributed by atoms with Gasteiger partial charge >= 0.3 is 6.09 Å². The fraction of sp³-hybridized carbons (Fsp3) is 0.471. The number of amides is 1. The molecule has 1 heterocycles. The Bertz CT molecular complexity index is 543. The molecule has 114 valence electrons. The minimum atomic E-state index is -0.464. The number of carbonyl (C=O) groups excluding carboxylic acids is 1. The number of ether oxygens (including phenoxy) is 2. The van der Waals surface area contributed by atoms with E-state index in [2.05, 4.69) is 6.08 Å². The van der Waals surface area contributed by atoms with E-state index in [9.17, 15) is 4.79 Å². The van der Waals surface area contributed by atoms with Crippen LogP contribution in [0.25, 0.3) is 5.57 Å². The third kappa shape index (κ3) is 4.25. The maximum absolute atomic E-state index is 12.2. The van der Waals surface area contributed by atoms with Crippen LogP contribution < -0.4 is 4.74 Å². The maximum atomic E-state index is 12.2. The van der Waals surface area contributed by atoms with Crippen LogP contribution in [0, 0.1) is 0 Å². The minimum absolute atomic E-state index is 0.254. The van der Waals surface area contributed by atoms with Crippen molar-refractivity contribution in [2.75, 3.05) is 20.2 Å². The number of methoxy groups -OCH3 is 1. The van der Waals surface area contributed by atoms with E-state index in [0.29, 0.717) is 13.1 Å². The highest BCUT2D eigenvalue weighted by molar-refractivity contribution is 5.75. The van der Waals surface area contributed by atoms with Crippen LogP contribution >= 0.6 is 0 Å². The predicted octanol–water partition coefficient (Wildman–Crippen LogP) is 3.72. The second kappa shape index (κ2) is 6.20. The van der Waals surface area contributed by atoms with Gasteiger partial charge in [0.05, 0.1) is 7.11 Å². The minimum Gasteiger partial charge on any atom is -0.497 e. The van der Waals surface area contributed by atoms with Gasteiger partial charge < -0.3 is 14.4 Å². The molecule has 1 aromatic carbocycles. The first-order valence-electron chi connectivity index (χ1n) is 7.20. The third-order valence-corrected chi connectivity index (χ3v) is 3.24. The zero-order valence-electron chi connectivity index (χ0n) is 13.2. The van der Waals surface area contributed by atoms with Crippen molar-refractivity contribution >= 4 is 11.7 Å². The number of hydrogen-bond donors (Lipinski definition) is 0. The van der Waals surface area contributed by atoms with Crippen molar-refractivity contribution < 1.29 is 14.3 Å². The van der Waals surface area contributed by atoms with Crippen molar-refractivity contribution in [1.82, 2.24) is 4.90 Å². The standard InChI is InChI=1S/C17H23NO3/c1-17(2,3)21-16(19)18-10-6-8-14(12-18)13-7-5-9-15(11-13)20-4/h5,7-9,11H,6,10,12H2,1-4H3. The number of rotatable bonds is 2. The van der Waals surface area contributed by atoms with Gasteiger partial charge in [0, 0.05) is 13.1 Å². The lowest BCUT2D eigenvalue weighted by Gasteiger charge is -2.30. The van der Waals surface area contributed by atoms with Crippen molar-refractivity contribution in [3.8, 4) is 5.75 Å². The largest absolute Gasteiger partial charge is 0.497 e. The Kier molecular flexibility index (Phi) is 4.56. The first-order valence-corrected chi connectivity index (χ1v) is 7.20. The molecular weight excluding hydrogens is 266 g/mol. The zero-order valence-corrected chi connectivity index (χ0v) is 13.2. The maximum Gasteiger partial charge on any atom is 0.410 e. The molecule has 0 bridgehead atoms. The lowest BCUT2D eigenvalue weighted by atomic mass is 10.0. The fourth-order valence-corrected chi connectivity index (χ4v) is 2.26. The van der Waals surface area contributed by atoms with Crippen LogP contribution in [0.3, 0.4) is 0 Å². The Morgan fingerprint density at radius 3 is 2.71 bits per heavy atom. The summed E-state index contributed by atoms with van der Waals surface area (Å²) in [4.78, 5) is 13.9. The topological polar surface area (TPSA) is 38.8 Å². The van der Waals surface area contributed by atoms with Crippen LogP contribution in [0.5, 0.6) is 5.75 Å². The van der Waals surface area contributed by atoms with E-state index >= 15 is 0 Å². The molecule has 0 N–H and O–H groups in total. The van der Waals surface area contributed by atoms with E-state index in [1.54, 1.807) is 12.0 Å². The van der Waals surface area contributed by atoms with Gasteiger partial charge in [0.2, 0.25) is 0 Å². The van der Waals surface area contributed by atoms with Gasteiger partial charge in [-0.25, -0.2) is 4.79 Å². The van der Waals surface area contributed by atoms with Crippen LogP contribution in [0.4, 0.5) is 4.79 Å². The van der Waals surface area contributed by atoms with Gasteiger partial charge in [0.1, 0.15) is 11.4 Å². The lowest BCUT2D eigenvalue weighted by Crippen LogP contribution is -2.39. The van der Waals surface area contributed by atoms with E-state index in [4.69, 9.17) is 9.47 Å². The highest BCUT2D eigenvalue weighted by Gasteiger charge is 2.24. The molecular formula is C17H23NO3. The van der Waals surface area contributed by atoms with E-state index < -0.39 is 5.60 Å². The van der Waals surface area contributed by atoms with Crippen molar-refractivity contribution in [1.29, 1.82) is 0 Å². The van der Waals surface area contributed by atoms with Crippen LogP contribution in [-0.2, 0) is 4.74 Å². The van der Waals surface area contributed by atoms with Gasteiger partial charge in [-0.3, -0.25) is 0 Å². The molecule has 0 saturated heterocycles. The Hall–Kier alpha value is -1.97. The van der Waals surface area contributed by atoms with E-state index in [0.717, 1.165) is 23.3 Å². The molecule has 1 amide bonds. The van der Waals surface area contributed by atoms with Gasteiger partial charge in [-0.15, -0.1) is 0 Å². The lowest BCUT2D eigenvalue weighted by molar-refractivity contribution is 0.0273. The number of carbonyl (C=O) groups is 1. The van der Waals surface area contributed by atoms with Crippen molar-refractivity contribution in [3.63, 3.8) is 0 Å². The summed E-state index contributed by atoms with van der Waals surface area (Å²) >= 11 is 0. The van der Waals surface area contributed by atoms with Crippen LogP contribution in [0.2, 0.25) is 0 Å². The number of nitrogens with zero attached hydrogens (tertiary/aromatic N) is 1. The third-order valence-electron chi connectivity index (χ3n) is 3.24. The first kappa shape index (κ1) is 15.4. The highest BCUT2D eigenvalue weighted by Crippen LogP contribution is 2.25. The summed E-state index contributed by atoms with van der Waals surface area (Å²) in [6, 6.07) is 7.90. The van der Waals surface area contributed by atoms with E-state index in [-0.39, 0.29) is 6.09 Å². The molecule has 0 aliphatic carbocycles. The molecule has 4 heteroatoms. The van der Waals surface area contributed by atoms with Crippen molar-refractivity contribution in [2.24, 2.45) is 0 Å². The summed E-state index contributed by atoms with van der Waals surface area (Å²) in [5.74, 6) is 0.822. The summed E-state index contributed by atoms with van der Waals surface area (Å²) in [5.41, 5.74) is 1.75. The summed E-state index contributed by atoms with van der Waals surface area (Å²) in [7, 11) is 1.65. The highest BCUT2D eigenvalue weighted by atomic mass is 16.6. The molecule has 0 unspecified atom stereocenters. The molecule has 0 atom stereocenters. The molecule has 1 aromatic rings. The molecule has 2 rings (SSSR count). The monoisotopic (exact) mass is 289 g/mol. The Balaban J connectivity index is 2.10. The van der Waals surface area contributed by atoms with E-state index in [1.165, 1.54) is 0 Å². The Morgan fingerprint density at radius 2 is 2.05 bits per heavy atom. The molecule has 4 nitrogen and oxygen atoms in total. The van der Waals surface area contributed by atoms with Gasteiger partial charge in [0.15, 0.2) is 0 Å². The summed E-state index contributed by atoms with van der Waals surface area (Å²) in [6.45, 7) is 6.92. The Morgan fingerprint density at radius 1 is 1.29 bits per heavy atom. The normalized spacial score (nSPS) is 15.4. The predicted molar refractivity (Wildman–Crippen MR) is 83.4 cm³/mol. The molecule has 0 radical (unpaired) electrons. The molecule has 1 aliphatic rings. The number of benzene rings is 1. The summed E-state index contributed by atoms with van der Waals surface area (Å²) in [5, 5.41) is 0. The summed E-state index contributed by atoms with van der Waals surface area (Å²) in [6.07, 6.45) is 2.76. The molecule has 0 aromatic heterocycles. The quantitative estimate of drug-likeness (QED) is 0.833. The van der Waals surface area contributed by atoms with Crippen LogP contribution in [-0.4, -0.2) is 36.8 Å². The van der Waals surface area contributed by atoms with Gasteiger partial charge in [-0.1, -0.05) is 18.2 Å². The SMILES string of the molecule is COc1cccc(C2=CCCN(C(=O)OC(C)(C)C)C2)c1. The molecule has 0 fully saturated rings. The average Bonchev–Trinajstić information content (AvgIpc) is 2.46. The smallest absolute Gasteiger partial charge is 0.410 e. The molecule has 0 saturated carbocycles. The zero-order chi connectivity index (χ0) is 15.5. The van der Waals surface area contributed by atoms with Crippen molar-refractivity contribution in [3.05, 3.63) is 35.9 Å². The second-order valence-corrected chi connectivity index (χ2v) is 6.15. The fourth-order valence-electron chi connectivity index (χ4n) is 2.26. The molecule has 0 spiro atoms. The molecule has 1 aliphatic heterocycles. The van der Waals surface area contributed by atoms with Crippen LogP contribution in [0.1, 0.15) is 32.8 Å². The Labute approximate surface area is 126 Å². The average molecular weight is 289 g/mol.